The van der Waals surface area contributed by atoms with Crippen molar-refractivity contribution in [3.05, 3.63) is 94.0 Å². The van der Waals surface area contributed by atoms with E-state index in [4.69, 9.17) is 9.47 Å². The molecule has 0 N–H and O–H groups in total. The summed E-state index contributed by atoms with van der Waals surface area (Å²) in [5.74, 6) is 2.19. The Hall–Kier alpha value is -3.44. The van der Waals surface area contributed by atoms with Crippen LogP contribution in [0.3, 0.4) is 0 Å². The van der Waals surface area contributed by atoms with Gasteiger partial charge in [0.25, 0.3) is 0 Å². The van der Waals surface area contributed by atoms with E-state index < -0.39 is 0 Å². The van der Waals surface area contributed by atoms with E-state index in [9.17, 15) is 4.79 Å². The van der Waals surface area contributed by atoms with Gasteiger partial charge in [-0.15, -0.1) is 0 Å². The molecule has 1 aromatic heterocycles. The van der Waals surface area contributed by atoms with Crippen molar-refractivity contribution in [3.63, 3.8) is 0 Å². The van der Waals surface area contributed by atoms with Crippen molar-refractivity contribution < 1.29 is 14.3 Å². The average Bonchev–Trinajstić information content (AvgIpc) is 3.12. The minimum Gasteiger partial charge on any atom is -0.478 e. The van der Waals surface area contributed by atoms with Gasteiger partial charge in [-0.25, -0.2) is 0 Å². The standard InChI is InChI=1S/C27H26N2O3/c1-17(2)21-6-4-19(5-7-21)13-24-26(30)25-18(3)12-23-22(27(25)32-24)15-29(16-31-23)14-20-8-10-28-11-9-20/h4-13,17H,14-16H2,1-3H3/b24-13-. The number of hydrogen-bond donors (Lipinski definition) is 0. The second kappa shape index (κ2) is 8.24. The maximum Gasteiger partial charge on any atom is 0.232 e. The molecule has 0 saturated heterocycles. The smallest absolute Gasteiger partial charge is 0.232 e. The van der Waals surface area contributed by atoms with E-state index in [0.717, 1.165) is 29.0 Å². The van der Waals surface area contributed by atoms with Gasteiger partial charge in [-0.05, 0) is 59.4 Å². The molecule has 162 valence electrons. The lowest BCUT2D eigenvalue weighted by Gasteiger charge is -2.30. The Morgan fingerprint density at radius 3 is 2.59 bits per heavy atom. The number of carbonyl (C=O) groups excluding carboxylic acids is 1. The van der Waals surface area contributed by atoms with Crippen LogP contribution in [0.5, 0.6) is 11.5 Å². The molecule has 2 aliphatic heterocycles. The highest BCUT2D eigenvalue weighted by Gasteiger charge is 2.35. The number of fused-ring (bicyclic) bond motifs is 3. The van der Waals surface area contributed by atoms with Crippen molar-refractivity contribution in [2.24, 2.45) is 0 Å². The van der Waals surface area contributed by atoms with Gasteiger partial charge in [0.2, 0.25) is 5.78 Å². The van der Waals surface area contributed by atoms with Crippen molar-refractivity contribution in [2.45, 2.75) is 39.8 Å². The third-order valence-electron chi connectivity index (χ3n) is 6.04. The molecule has 2 aromatic carbocycles. The molecule has 5 heteroatoms. The van der Waals surface area contributed by atoms with Gasteiger partial charge in [-0.1, -0.05) is 38.1 Å². The first kappa shape index (κ1) is 20.5. The number of aromatic nitrogens is 1. The van der Waals surface area contributed by atoms with Crippen LogP contribution in [0.2, 0.25) is 0 Å². The van der Waals surface area contributed by atoms with E-state index in [0.29, 0.717) is 36.3 Å². The number of Topliss-reactive ketones (excluding diaryl/α,β-unsaturated/α-hetero) is 1. The minimum absolute atomic E-state index is 0.0699. The summed E-state index contributed by atoms with van der Waals surface area (Å²) >= 11 is 0. The van der Waals surface area contributed by atoms with Crippen LogP contribution in [0, 0.1) is 6.92 Å². The van der Waals surface area contributed by atoms with Crippen LogP contribution in [0.25, 0.3) is 6.08 Å². The van der Waals surface area contributed by atoms with Gasteiger partial charge in [0, 0.05) is 25.5 Å². The van der Waals surface area contributed by atoms with Crippen LogP contribution in [0.4, 0.5) is 0 Å². The monoisotopic (exact) mass is 426 g/mol. The number of benzene rings is 2. The number of carbonyl (C=O) groups is 1. The first-order valence-corrected chi connectivity index (χ1v) is 10.9. The molecule has 3 heterocycles. The van der Waals surface area contributed by atoms with E-state index in [1.165, 1.54) is 11.1 Å². The Labute approximate surface area is 188 Å². The van der Waals surface area contributed by atoms with E-state index in [1.807, 2.05) is 43.3 Å². The SMILES string of the molecule is Cc1cc2c(c3c1C(=O)/C(=C/c1ccc(C(C)C)cc1)O3)CN(Cc1ccncc1)CO2. The summed E-state index contributed by atoms with van der Waals surface area (Å²) in [4.78, 5) is 19.5. The number of pyridine rings is 1. The summed E-state index contributed by atoms with van der Waals surface area (Å²) in [5, 5.41) is 0. The maximum absolute atomic E-state index is 13.2. The molecule has 2 aliphatic rings. The Bertz CT molecular complexity index is 1200. The van der Waals surface area contributed by atoms with Gasteiger partial charge in [-0.2, -0.15) is 0 Å². The Morgan fingerprint density at radius 2 is 1.88 bits per heavy atom. The quantitative estimate of drug-likeness (QED) is 0.517. The lowest BCUT2D eigenvalue weighted by Crippen LogP contribution is -2.31. The van der Waals surface area contributed by atoms with Gasteiger partial charge in [0.1, 0.15) is 18.2 Å². The molecular formula is C27H26N2O3. The maximum atomic E-state index is 13.2. The summed E-state index contributed by atoms with van der Waals surface area (Å²) < 4.78 is 12.2. The van der Waals surface area contributed by atoms with Crippen LogP contribution in [0.1, 0.15) is 57.9 Å². The summed E-state index contributed by atoms with van der Waals surface area (Å²) in [6.07, 6.45) is 5.42. The topological polar surface area (TPSA) is 51.7 Å². The molecule has 5 rings (SSSR count). The zero-order valence-corrected chi connectivity index (χ0v) is 18.6. The van der Waals surface area contributed by atoms with Crippen molar-refractivity contribution in [2.75, 3.05) is 6.73 Å². The van der Waals surface area contributed by atoms with Crippen LogP contribution >= 0.6 is 0 Å². The lowest BCUT2D eigenvalue weighted by atomic mass is 9.98. The van der Waals surface area contributed by atoms with E-state index in [2.05, 4.69) is 35.9 Å². The Balaban J connectivity index is 1.44. The molecule has 0 amide bonds. The molecule has 0 unspecified atom stereocenters. The summed E-state index contributed by atoms with van der Waals surface area (Å²) in [6, 6.07) is 14.2. The van der Waals surface area contributed by atoms with Gasteiger partial charge in [0.05, 0.1) is 11.1 Å². The number of rotatable bonds is 4. The minimum atomic E-state index is -0.0699. The Morgan fingerprint density at radius 1 is 1.12 bits per heavy atom. The van der Waals surface area contributed by atoms with Gasteiger partial charge in [-0.3, -0.25) is 14.7 Å². The largest absolute Gasteiger partial charge is 0.478 e. The van der Waals surface area contributed by atoms with Gasteiger partial charge < -0.3 is 9.47 Å². The molecule has 0 bridgehead atoms. The van der Waals surface area contributed by atoms with E-state index in [-0.39, 0.29) is 5.78 Å². The predicted molar refractivity (Wildman–Crippen MR) is 124 cm³/mol. The van der Waals surface area contributed by atoms with Crippen molar-refractivity contribution in [3.8, 4) is 11.5 Å². The molecule has 0 radical (unpaired) electrons. The van der Waals surface area contributed by atoms with Crippen LogP contribution in [-0.4, -0.2) is 22.4 Å². The predicted octanol–water partition coefficient (Wildman–Crippen LogP) is 5.48. The van der Waals surface area contributed by atoms with Crippen LogP contribution in [-0.2, 0) is 13.1 Å². The molecule has 0 saturated carbocycles. The van der Waals surface area contributed by atoms with Crippen LogP contribution in [0.15, 0.2) is 60.6 Å². The molecule has 0 fully saturated rings. The summed E-state index contributed by atoms with van der Waals surface area (Å²) in [5.41, 5.74) is 5.84. The fourth-order valence-electron chi connectivity index (χ4n) is 4.25. The van der Waals surface area contributed by atoms with Crippen molar-refractivity contribution in [1.29, 1.82) is 0 Å². The number of aryl methyl sites for hydroxylation is 1. The van der Waals surface area contributed by atoms with Gasteiger partial charge in [0.15, 0.2) is 5.76 Å². The fourth-order valence-corrected chi connectivity index (χ4v) is 4.25. The molecule has 0 spiro atoms. The molecule has 3 aromatic rings. The zero-order chi connectivity index (χ0) is 22.2. The van der Waals surface area contributed by atoms with Gasteiger partial charge >= 0.3 is 0 Å². The second-order valence-electron chi connectivity index (χ2n) is 8.75. The Kier molecular flexibility index (Phi) is 5.27. The first-order chi connectivity index (χ1) is 15.5. The first-order valence-electron chi connectivity index (χ1n) is 10.9. The molecular weight excluding hydrogens is 400 g/mol. The second-order valence-corrected chi connectivity index (χ2v) is 8.75. The summed E-state index contributed by atoms with van der Waals surface area (Å²) in [7, 11) is 0. The van der Waals surface area contributed by atoms with E-state index in [1.54, 1.807) is 12.4 Å². The molecule has 5 nitrogen and oxygen atoms in total. The third kappa shape index (κ3) is 3.80. The lowest BCUT2D eigenvalue weighted by molar-refractivity contribution is 0.0872. The van der Waals surface area contributed by atoms with Crippen molar-refractivity contribution in [1.82, 2.24) is 9.88 Å². The number of ketones is 1. The van der Waals surface area contributed by atoms with Crippen LogP contribution < -0.4 is 9.47 Å². The molecule has 0 atom stereocenters. The highest BCUT2D eigenvalue weighted by molar-refractivity contribution is 6.15. The highest BCUT2D eigenvalue weighted by Crippen LogP contribution is 2.44. The van der Waals surface area contributed by atoms with Crippen molar-refractivity contribution >= 4 is 11.9 Å². The number of ether oxygens (including phenoxy) is 2. The number of hydrogen-bond acceptors (Lipinski definition) is 5. The zero-order valence-electron chi connectivity index (χ0n) is 18.6. The number of nitrogens with zero attached hydrogens (tertiary/aromatic N) is 2. The molecule has 0 aliphatic carbocycles. The normalized spacial score (nSPS) is 16.6. The highest BCUT2D eigenvalue weighted by atomic mass is 16.5. The fraction of sp³-hybridized carbons (Fsp3) is 0.259. The third-order valence-corrected chi connectivity index (χ3v) is 6.04. The summed E-state index contributed by atoms with van der Waals surface area (Å²) in [6.45, 7) is 8.16. The average molecular weight is 427 g/mol. The molecule has 32 heavy (non-hydrogen) atoms. The number of allylic oxidation sites excluding steroid dienone is 1. The van der Waals surface area contributed by atoms with E-state index >= 15 is 0 Å².